The molecular formula is C10H10N2O2. The lowest BCUT2D eigenvalue weighted by Gasteiger charge is -2.04. The number of pyridine rings is 1. The Balaban J connectivity index is 2.92. The number of nitriles is 1. The fourth-order valence-corrected chi connectivity index (χ4v) is 1.13. The van der Waals surface area contributed by atoms with Gasteiger partial charge in [-0.2, -0.15) is 5.26 Å². The molecule has 0 aliphatic carbocycles. The maximum atomic E-state index is 11.3. The first kappa shape index (κ1) is 10.2. The molecule has 0 unspecified atom stereocenters. The van der Waals surface area contributed by atoms with E-state index < -0.39 is 0 Å². The van der Waals surface area contributed by atoms with Crippen LogP contribution in [0.4, 0.5) is 0 Å². The van der Waals surface area contributed by atoms with Crippen LogP contribution in [0.1, 0.15) is 22.3 Å². The van der Waals surface area contributed by atoms with Gasteiger partial charge in [-0.3, -0.25) is 4.98 Å². The van der Waals surface area contributed by atoms with Gasteiger partial charge in [-0.15, -0.1) is 0 Å². The quantitative estimate of drug-likeness (QED) is 0.674. The number of aromatic nitrogens is 1. The lowest BCUT2D eigenvalue weighted by atomic mass is 10.1. The molecule has 1 heterocycles. The molecule has 0 atom stereocenters. The zero-order valence-electron chi connectivity index (χ0n) is 7.86. The second-order valence-electron chi connectivity index (χ2n) is 2.68. The van der Waals surface area contributed by atoms with Gasteiger partial charge in [0.05, 0.1) is 18.7 Å². The van der Waals surface area contributed by atoms with Crippen molar-refractivity contribution in [1.29, 1.82) is 5.26 Å². The third kappa shape index (κ3) is 2.30. The molecule has 72 valence electrons. The Kier molecular flexibility index (Phi) is 3.62. The highest BCUT2D eigenvalue weighted by molar-refractivity contribution is 5.90. The van der Waals surface area contributed by atoms with E-state index in [0.717, 1.165) is 5.56 Å². The van der Waals surface area contributed by atoms with Crippen molar-refractivity contribution >= 4 is 5.97 Å². The van der Waals surface area contributed by atoms with Crippen LogP contribution in [-0.2, 0) is 11.2 Å². The lowest BCUT2D eigenvalue weighted by molar-refractivity contribution is 0.0599. The highest BCUT2D eigenvalue weighted by Crippen LogP contribution is 2.10. The standard InChI is InChI=1S/C10H10N2O2/c1-14-10(13)9-4-6-12-7-8(9)3-2-5-11/h4,6-7H,2-3H2,1H3. The second-order valence-corrected chi connectivity index (χ2v) is 2.68. The van der Waals surface area contributed by atoms with Gasteiger partial charge in [0.2, 0.25) is 0 Å². The Hall–Kier alpha value is -1.89. The monoisotopic (exact) mass is 190 g/mol. The molecule has 4 heteroatoms. The SMILES string of the molecule is COC(=O)c1ccncc1CCC#N. The molecule has 14 heavy (non-hydrogen) atoms. The Morgan fingerprint density at radius 2 is 2.50 bits per heavy atom. The summed E-state index contributed by atoms with van der Waals surface area (Å²) in [6.07, 6.45) is 4.01. The van der Waals surface area contributed by atoms with E-state index in [1.807, 2.05) is 6.07 Å². The summed E-state index contributed by atoms with van der Waals surface area (Å²) in [4.78, 5) is 15.2. The number of hydrogen-bond acceptors (Lipinski definition) is 4. The van der Waals surface area contributed by atoms with Crippen molar-refractivity contribution in [2.45, 2.75) is 12.8 Å². The first-order valence-electron chi connectivity index (χ1n) is 4.17. The minimum Gasteiger partial charge on any atom is -0.465 e. The minimum absolute atomic E-state index is 0.371. The Bertz CT molecular complexity index is 369. The van der Waals surface area contributed by atoms with Gasteiger partial charge in [-0.05, 0) is 18.1 Å². The van der Waals surface area contributed by atoms with Gasteiger partial charge >= 0.3 is 5.97 Å². The highest BCUT2D eigenvalue weighted by atomic mass is 16.5. The fraction of sp³-hybridized carbons (Fsp3) is 0.300. The van der Waals surface area contributed by atoms with Crippen LogP contribution in [0.2, 0.25) is 0 Å². The largest absolute Gasteiger partial charge is 0.465 e. The Morgan fingerprint density at radius 3 is 3.14 bits per heavy atom. The van der Waals surface area contributed by atoms with Crippen LogP contribution < -0.4 is 0 Å². The predicted molar refractivity (Wildman–Crippen MR) is 49.5 cm³/mol. The summed E-state index contributed by atoms with van der Waals surface area (Å²) < 4.78 is 4.61. The van der Waals surface area contributed by atoms with E-state index in [0.29, 0.717) is 18.4 Å². The second kappa shape index (κ2) is 4.97. The zero-order valence-corrected chi connectivity index (χ0v) is 7.86. The third-order valence-corrected chi connectivity index (χ3v) is 1.82. The van der Waals surface area contributed by atoms with Gasteiger partial charge < -0.3 is 4.74 Å². The van der Waals surface area contributed by atoms with Crippen molar-refractivity contribution in [3.05, 3.63) is 29.6 Å². The third-order valence-electron chi connectivity index (χ3n) is 1.82. The molecule has 0 fully saturated rings. The molecule has 4 nitrogen and oxygen atoms in total. The molecular weight excluding hydrogens is 180 g/mol. The predicted octanol–water partition coefficient (Wildman–Crippen LogP) is 1.32. The molecule has 0 spiro atoms. The van der Waals surface area contributed by atoms with Crippen LogP contribution in [0.3, 0.4) is 0 Å². The normalized spacial score (nSPS) is 9.14. The molecule has 1 aromatic rings. The van der Waals surface area contributed by atoms with Crippen molar-refractivity contribution < 1.29 is 9.53 Å². The van der Waals surface area contributed by atoms with E-state index in [4.69, 9.17) is 5.26 Å². The van der Waals surface area contributed by atoms with Crippen molar-refractivity contribution in [2.75, 3.05) is 7.11 Å². The number of ether oxygens (including phenoxy) is 1. The average Bonchev–Trinajstić information content (AvgIpc) is 2.25. The molecule has 0 N–H and O–H groups in total. The maximum Gasteiger partial charge on any atom is 0.338 e. The van der Waals surface area contributed by atoms with E-state index in [9.17, 15) is 4.79 Å². The average molecular weight is 190 g/mol. The van der Waals surface area contributed by atoms with E-state index in [-0.39, 0.29) is 5.97 Å². The summed E-state index contributed by atoms with van der Waals surface area (Å²) in [6.45, 7) is 0. The van der Waals surface area contributed by atoms with E-state index >= 15 is 0 Å². The summed E-state index contributed by atoms with van der Waals surface area (Å²) >= 11 is 0. The molecule has 1 aromatic heterocycles. The summed E-state index contributed by atoms with van der Waals surface area (Å²) in [6, 6.07) is 3.62. The van der Waals surface area contributed by atoms with Crippen LogP contribution >= 0.6 is 0 Å². The molecule has 0 bridgehead atoms. The molecule has 1 rings (SSSR count). The first-order chi connectivity index (χ1) is 6.79. The van der Waals surface area contributed by atoms with E-state index in [2.05, 4.69) is 9.72 Å². The van der Waals surface area contributed by atoms with Crippen molar-refractivity contribution in [3.63, 3.8) is 0 Å². The molecule has 0 saturated heterocycles. The van der Waals surface area contributed by atoms with Gasteiger partial charge in [0, 0.05) is 18.8 Å². The van der Waals surface area contributed by atoms with Crippen LogP contribution in [0.5, 0.6) is 0 Å². The van der Waals surface area contributed by atoms with Gasteiger partial charge in [0.25, 0.3) is 0 Å². The van der Waals surface area contributed by atoms with E-state index in [1.54, 1.807) is 12.3 Å². The van der Waals surface area contributed by atoms with Crippen LogP contribution in [0, 0.1) is 11.3 Å². The maximum absolute atomic E-state index is 11.3. The van der Waals surface area contributed by atoms with E-state index in [1.165, 1.54) is 13.3 Å². The highest BCUT2D eigenvalue weighted by Gasteiger charge is 2.10. The molecule has 0 saturated carbocycles. The Morgan fingerprint density at radius 1 is 1.71 bits per heavy atom. The molecule has 0 radical (unpaired) electrons. The Labute approximate surface area is 82.1 Å². The van der Waals surface area contributed by atoms with Gasteiger partial charge in [-0.1, -0.05) is 0 Å². The first-order valence-corrected chi connectivity index (χ1v) is 4.17. The molecule has 0 aliphatic rings. The number of rotatable bonds is 3. The molecule has 0 aliphatic heterocycles. The number of carbonyl (C=O) groups is 1. The smallest absolute Gasteiger partial charge is 0.338 e. The topological polar surface area (TPSA) is 63.0 Å². The molecule has 0 amide bonds. The number of aryl methyl sites for hydroxylation is 1. The van der Waals surface area contributed by atoms with Gasteiger partial charge in [0.15, 0.2) is 0 Å². The number of esters is 1. The van der Waals surface area contributed by atoms with Crippen molar-refractivity contribution in [1.82, 2.24) is 4.98 Å². The molecule has 0 aromatic carbocycles. The van der Waals surface area contributed by atoms with Crippen LogP contribution in [0.15, 0.2) is 18.5 Å². The number of carbonyl (C=O) groups excluding carboxylic acids is 1. The van der Waals surface area contributed by atoms with Gasteiger partial charge in [-0.25, -0.2) is 4.79 Å². The van der Waals surface area contributed by atoms with Crippen LogP contribution in [-0.4, -0.2) is 18.1 Å². The summed E-state index contributed by atoms with van der Waals surface area (Å²) in [5, 5.41) is 8.43. The number of nitrogens with zero attached hydrogens (tertiary/aromatic N) is 2. The van der Waals surface area contributed by atoms with Gasteiger partial charge in [0.1, 0.15) is 0 Å². The zero-order chi connectivity index (χ0) is 10.4. The summed E-state index contributed by atoms with van der Waals surface area (Å²) in [7, 11) is 1.33. The summed E-state index contributed by atoms with van der Waals surface area (Å²) in [5.41, 5.74) is 1.23. The number of methoxy groups -OCH3 is 1. The minimum atomic E-state index is -0.389. The van der Waals surface area contributed by atoms with Crippen molar-refractivity contribution in [3.8, 4) is 6.07 Å². The lowest BCUT2D eigenvalue weighted by Crippen LogP contribution is -2.06. The summed E-state index contributed by atoms with van der Waals surface area (Å²) in [5.74, 6) is -0.389. The fourth-order valence-electron chi connectivity index (χ4n) is 1.13. The van der Waals surface area contributed by atoms with Crippen molar-refractivity contribution in [2.24, 2.45) is 0 Å². The van der Waals surface area contributed by atoms with Crippen LogP contribution in [0.25, 0.3) is 0 Å². The number of hydrogen-bond donors (Lipinski definition) is 0.